The van der Waals surface area contributed by atoms with Crippen LogP contribution in [0.2, 0.25) is 0 Å². The zero-order valence-corrected chi connectivity index (χ0v) is 18.4. The minimum absolute atomic E-state index is 0.0640. The summed E-state index contributed by atoms with van der Waals surface area (Å²) in [6, 6.07) is 12.9. The number of amides is 1. The molecule has 0 saturated carbocycles. The standard InChI is InChI=1S/C22H17N5O3S2/c28-18(26-21-23-11-14(12-24-21)17-7-4-9-30-17)13-32-22-25-16-8-10-31-19(16)20(29)27(22)15-5-2-1-3-6-15/h1-7,9,11-12H,8,10,13H2,(H,23,24,26,28). The van der Waals surface area contributed by atoms with Crippen molar-refractivity contribution in [3.05, 3.63) is 77.2 Å². The van der Waals surface area contributed by atoms with Crippen LogP contribution in [0.1, 0.15) is 5.69 Å². The highest BCUT2D eigenvalue weighted by Gasteiger charge is 2.23. The number of thioether (sulfide) groups is 2. The molecule has 0 unspecified atom stereocenters. The summed E-state index contributed by atoms with van der Waals surface area (Å²) in [5.41, 5.74) is 2.14. The molecule has 0 saturated heterocycles. The molecule has 0 fully saturated rings. The van der Waals surface area contributed by atoms with Crippen molar-refractivity contribution < 1.29 is 9.21 Å². The van der Waals surface area contributed by atoms with Crippen molar-refractivity contribution >= 4 is 35.4 Å². The Kier molecular flexibility index (Phi) is 5.78. The van der Waals surface area contributed by atoms with Crippen LogP contribution in [-0.4, -0.2) is 36.9 Å². The van der Waals surface area contributed by atoms with Gasteiger partial charge in [-0.1, -0.05) is 30.0 Å². The van der Waals surface area contributed by atoms with Crippen LogP contribution < -0.4 is 10.9 Å². The summed E-state index contributed by atoms with van der Waals surface area (Å²) in [6.45, 7) is 0. The Bertz CT molecular complexity index is 1310. The fourth-order valence-corrected chi connectivity index (χ4v) is 5.10. The Labute approximate surface area is 191 Å². The lowest BCUT2D eigenvalue weighted by atomic mass is 10.3. The number of aryl methyl sites for hydroxylation is 1. The highest BCUT2D eigenvalue weighted by molar-refractivity contribution is 8.00. The van der Waals surface area contributed by atoms with Crippen molar-refractivity contribution in [1.29, 1.82) is 0 Å². The van der Waals surface area contributed by atoms with E-state index in [1.807, 2.05) is 36.4 Å². The van der Waals surface area contributed by atoms with Crippen LogP contribution in [0.5, 0.6) is 0 Å². The normalized spacial score (nSPS) is 12.5. The maximum atomic E-state index is 13.1. The maximum absolute atomic E-state index is 13.1. The number of fused-ring (bicyclic) bond motifs is 1. The van der Waals surface area contributed by atoms with Gasteiger partial charge in [0.2, 0.25) is 11.9 Å². The van der Waals surface area contributed by atoms with E-state index in [-0.39, 0.29) is 23.2 Å². The van der Waals surface area contributed by atoms with Crippen LogP contribution in [0.15, 0.2) is 80.4 Å². The van der Waals surface area contributed by atoms with Crippen LogP contribution in [0, 0.1) is 0 Å². The summed E-state index contributed by atoms with van der Waals surface area (Å²) in [6.07, 6.45) is 5.49. The second kappa shape index (κ2) is 9.01. The van der Waals surface area contributed by atoms with Crippen molar-refractivity contribution in [1.82, 2.24) is 19.5 Å². The minimum atomic E-state index is -0.288. The zero-order chi connectivity index (χ0) is 21.9. The molecule has 0 spiro atoms. The lowest BCUT2D eigenvalue weighted by molar-refractivity contribution is -0.113. The van der Waals surface area contributed by atoms with E-state index in [9.17, 15) is 9.59 Å². The van der Waals surface area contributed by atoms with Gasteiger partial charge in [0.1, 0.15) is 5.76 Å². The van der Waals surface area contributed by atoms with Gasteiger partial charge in [-0.05, 0) is 24.3 Å². The minimum Gasteiger partial charge on any atom is -0.464 e. The second-order valence-corrected chi connectivity index (χ2v) is 8.90. The summed E-state index contributed by atoms with van der Waals surface area (Å²) < 4.78 is 6.88. The number of hydrogen-bond donors (Lipinski definition) is 1. The molecule has 8 nitrogen and oxygen atoms in total. The Morgan fingerprint density at radius 2 is 1.97 bits per heavy atom. The topological polar surface area (TPSA) is 103 Å². The molecule has 0 bridgehead atoms. The smallest absolute Gasteiger partial charge is 0.272 e. The molecule has 0 aliphatic carbocycles. The number of carbonyl (C=O) groups excluding carboxylic acids is 1. The first kappa shape index (κ1) is 20.5. The summed E-state index contributed by atoms with van der Waals surface area (Å²) in [5, 5.41) is 3.17. The first-order chi connectivity index (χ1) is 15.7. The molecule has 5 rings (SSSR count). The molecule has 1 N–H and O–H groups in total. The number of benzene rings is 1. The van der Waals surface area contributed by atoms with E-state index < -0.39 is 0 Å². The Morgan fingerprint density at radius 3 is 2.72 bits per heavy atom. The monoisotopic (exact) mass is 463 g/mol. The third-order valence-electron chi connectivity index (χ3n) is 4.72. The van der Waals surface area contributed by atoms with Crippen LogP contribution in [-0.2, 0) is 11.2 Å². The number of hydrogen-bond acceptors (Lipinski definition) is 8. The molecule has 0 atom stereocenters. The van der Waals surface area contributed by atoms with Crippen LogP contribution >= 0.6 is 23.5 Å². The number of nitrogens with zero attached hydrogens (tertiary/aromatic N) is 4. The fourth-order valence-electron chi connectivity index (χ4n) is 3.25. The second-order valence-electron chi connectivity index (χ2n) is 6.85. The zero-order valence-electron chi connectivity index (χ0n) is 16.7. The highest BCUT2D eigenvalue weighted by Crippen LogP contribution is 2.30. The van der Waals surface area contributed by atoms with Crippen molar-refractivity contribution in [2.45, 2.75) is 16.5 Å². The van der Waals surface area contributed by atoms with Crippen LogP contribution in [0.3, 0.4) is 0 Å². The largest absolute Gasteiger partial charge is 0.464 e. The molecule has 1 amide bonds. The fraction of sp³-hybridized carbons (Fsp3) is 0.136. The Morgan fingerprint density at radius 1 is 1.16 bits per heavy atom. The van der Waals surface area contributed by atoms with Gasteiger partial charge < -0.3 is 4.42 Å². The molecule has 3 aromatic heterocycles. The third kappa shape index (κ3) is 4.19. The van der Waals surface area contributed by atoms with Crippen molar-refractivity contribution in [2.75, 3.05) is 16.8 Å². The molecule has 0 radical (unpaired) electrons. The van der Waals surface area contributed by atoms with Gasteiger partial charge in [0.15, 0.2) is 5.16 Å². The predicted octanol–water partition coefficient (Wildman–Crippen LogP) is 3.66. The van der Waals surface area contributed by atoms with Crippen molar-refractivity contribution in [2.24, 2.45) is 0 Å². The van der Waals surface area contributed by atoms with Crippen molar-refractivity contribution in [3.8, 4) is 17.0 Å². The quantitative estimate of drug-likeness (QED) is 0.341. The van der Waals surface area contributed by atoms with E-state index in [4.69, 9.17) is 9.40 Å². The lowest BCUT2D eigenvalue weighted by Gasteiger charge is -2.13. The Hall–Kier alpha value is -3.37. The van der Waals surface area contributed by atoms with Gasteiger partial charge >= 0.3 is 0 Å². The third-order valence-corrected chi connectivity index (χ3v) is 6.77. The summed E-state index contributed by atoms with van der Waals surface area (Å²) in [7, 11) is 0. The van der Waals surface area contributed by atoms with Crippen LogP contribution in [0.4, 0.5) is 5.95 Å². The molecule has 10 heteroatoms. The van der Waals surface area contributed by atoms with Gasteiger partial charge in [0, 0.05) is 24.6 Å². The van der Waals surface area contributed by atoms with Gasteiger partial charge in [0.25, 0.3) is 5.56 Å². The molecular weight excluding hydrogens is 446 g/mol. The number of carbonyl (C=O) groups is 1. The molecule has 32 heavy (non-hydrogen) atoms. The average Bonchev–Trinajstić information content (AvgIpc) is 3.51. The van der Waals surface area contributed by atoms with E-state index in [1.54, 1.807) is 29.3 Å². The van der Waals surface area contributed by atoms with E-state index in [2.05, 4.69) is 15.3 Å². The van der Waals surface area contributed by atoms with Crippen LogP contribution in [0.25, 0.3) is 17.0 Å². The average molecular weight is 464 g/mol. The molecule has 1 aliphatic heterocycles. The number of para-hydroxylation sites is 1. The maximum Gasteiger partial charge on any atom is 0.272 e. The van der Waals surface area contributed by atoms with E-state index >= 15 is 0 Å². The number of nitrogens with one attached hydrogen (secondary N) is 1. The van der Waals surface area contributed by atoms with Gasteiger partial charge in [0.05, 0.1) is 33.9 Å². The molecule has 4 aromatic rings. The van der Waals surface area contributed by atoms with Crippen molar-refractivity contribution in [3.63, 3.8) is 0 Å². The number of anilines is 1. The van der Waals surface area contributed by atoms with Gasteiger partial charge in [-0.3, -0.25) is 19.5 Å². The first-order valence-electron chi connectivity index (χ1n) is 9.82. The SMILES string of the molecule is O=C(CSc1nc2c(c(=O)n1-c1ccccc1)SCC2)Nc1ncc(-c2ccco2)cn1. The molecular formula is C22H17N5O3S2. The highest BCUT2D eigenvalue weighted by atomic mass is 32.2. The summed E-state index contributed by atoms with van der Waals surface area (Å²) in [5.74, 6) is 1.47. The van der Waals surface area contributed by atoms with Gasteiger partial charge in [-0.2, -0.15) is 0 Å². The lowest BCUT2D eigenvalue weighted by Crippen LogP contribution is -2.24. The molecule has 1 aromatic carbocycles. The first-order valence-corrected chi connectivity index (χ1v) is 11.8. The molecule has 4 heterocycles. The van der Waals surface area contributed by atoms with E-state index in [1.165, 1.54) is 23.5 Å². The van der Waals surface area contributed by atoms with E-state index in [0.717, 1.165) is 29.1 Å². The van der Waals surface area contributed by atoms with E-state index in [0.29, 0.717) is 15.8 Å². The summed E-state index contributed by atoms with van der Waals surface area (Å²) in [4.78, 5) is 39.3. The molecule has 1 aliphatic rings. The summed E-state index contributed by atoms with van der Waals surface area (Å²) >= 11 is 2.74. The Balaban J connectivity index is 1.33. The number of furan rings is 1. The van der Waals surface area contributed by atoms with Gasteiger partial charge in [-0.15, -0.1) is 11.8 Å². The number of rotatable bonds is 6. The predicted molar refractivity (Wildman–Crippen MR) is 123 cm³/mol. The number of aromatic nitrogens is 4. The molecule has 160 valence electrons. The van der Waals surface area contributed by atoms with Gasteiger partial charge in [-0.25, -0.2) is 15.0 Å².